The minimum Gasteiger partial charge on any atom is -0.444 e. The molecule has 1 aliphatic rings. The Morgan fingerprint density at radius 2 is 2.06 bits per heavy atom. The van der Waals surface area contributed by atoms with Gasteiger partial charge in [-0.2, -0.15) is 0 Å². The lowest BCUT2D eigenvalue weighted by atomic mass is 10.1. The average molecular weight is 369 g/mol. The lowest BCUT2D eigenvalue weighted by molar-refractivity contribution is 0.0512. The smallest absolute Gasteiger partial charge is 0.408 e. The van der Waals surface area contributed by atoms with Crippen LogP contribution in [0.3, 0.4) is 0 Å². The van der Waals surface area contributed by atoms with Crippen LogP contribution in [0.2, 0.25) is 0 Å². The minimum absolute atomic E-state index is 0.108. The van der Waals surface area contributed by atoms with Crippen molar-refractivity contribution in [1.29, 1.82) is 0 Å². The van der Waals surface area contributed by atoms with E-state index < -0.39 is 5.60 Å². The molecule has 1 unspecified atom stereocenters. The molecule has 0 saturated heterocycles. The molecule has 1 rings (SSSR count). The number of alkyl halides is 2. The van der Waals surface area contributed by atoms with Crippen molar-refractivity contribution >= 4 is 38.0 Å². The van der Waals surface area contributed by atoms with Crippen LogP contribution in [0.5, 0.6) is 0 Å². The molecule has 1 N–H and O–H groups in total. The van der Waals surface area contributed by atoms with Gasteiger partial charge in [0, 0.05) is 10.7 Å². The molecule has 0 spiro atoms. The van der Waals surface area contributed by atoms with Crippen LogP contribution in [0.15, 0.2) is 11.1 Å². The highest BCUT2D eigenvalue weighted by Gasteiger charge is 2.27. The quantitative estimate of drug-likeness (QED) is 0.608. The topological polar surface area (TPSA) is 38.3 Å². The summed E-state index contributed by atoms with van der Waals surface area (Å²) >= 11 is 6.96. The molecule has 3 nitrogen and oxygen atoms in total. The zero-order valence-corrected chi connectivity index (χ0v) is 13.7. The second-order valence-electron chi connectivity index (χ2n) is 5.13. The summed E-state index contributed by atoms with van der Waals surface area (Å²) in [6.07, 6.45) is 1.66. The van der Waals surface area contributed by atoms with E-state index in [-0.39, 0.29) is 12.1 Å². The van der Waals surface area contributed by atoms with E-state index in [9.17, 15) is 4.79 Å². The fourth-order valence-corrected chi connectivity index (χ4v) is 3.28. The Bertz CT molecular complexity index is 321. The first kappa shape index (κ1) is 15.0. The summed E-state index contributed by atoms with van der Waals surface area (Å²) < 4.78 is 5.26. The molecule has 1 aliphatic carbocycles. The third-order valence-electron chi connectivity index (χ3n) is 2.61. The Labute approximate surface area is 120 Å². The molecule has 17 heavy (non-hydrogen) atoms. The van der Waals surface area contributed by atoms with Crippen molar-refractivity contribution in [2.24, 2.45) is 0 Å². The number of carbonyl (C=O) groups is 1. The van der Waals surface area contributed by atoms with Gasteiger partial charge >= 0.3 is 6.09 Å². The van der Waals surface area contributed by atoms with Gasteiger partial charge in [-0.1, -0.05) is 37.4 Å². The molecule has 0 saturated carbocycles. The van der Waals surface area contributed by atoms with Crippen molar-refractivity contribution in [1.82, 2.24) is 5.32 Å². The molecule has 0 radical (unpaired) electrons. The molecular formula is C12H19Br2NO2. The van der Waals surface area contributed by atoms with Crippen molar-refractivity contribution in [2.45, 2.75) is 45.3 Å². The molecule has 0 aromatic heterocycles. The molecule has 1 amide bonds. The van der Waals surface area contributed by atoms with Crippen LogP contribution in [0.25, 0.3) is 0 Å². The second-order valence-corrected chi connectivity index (χ2v) is 6.26. The van der Waals surface area contributed by atoms with Crippen LogP contribution in [0.4, 0.5) is 4.79 Å². The first-order valence-corrected chi connectivity index (χ1v) is 7.94. The van der Waals surface area contributed by atoms with E-state index in [1.165, 1.54) is 11.1 Å². The van der Waals surface area contributed by atoms with Gasteiger partial charge < -0.3 is 10.1 Å². The van der Waals surface area contributed by atoms with Gasteiger partial charge in [-0.05, 0) is 39.2 Å². The van der Waals surface area contributed by atoms with E-state index in [1.54, 1.807) is 0 Å². The Morgan fingerprint density at radius 1 is 1.41 bits per heavy atom. The number of hydrogen-bond acceptors (Lipinski definition) is 2. The van der Waals surface area contributed by atoms with Crippen molar-refractivity contribution in [2.75, 3.05) is 10.7 Å². The van der Waals surface area contributed by atoms with Gasteiger partial charge in [-0.3, -0.25) is 0 Å². The summed E-state index contributed by atoms with van der Waals surface area (Å²) in [4.78, 5) is 11.7. The highest BCUT2D eigenvalue weighted by molar-refractivity contribution is 9.09. The second kappa shape index (κ2) is 6.23. The molecule has 5 heteroatoms. The molecular weight excluding hydrogens is 350 g/mol. The van der Waals surface area contributed by atoms with Crippen LogP contribution in [0.1, 0.15) is 33.6 Å². The largest absolute Gasteiger partial charge is 0.444 e. The third-order valence-corrected chi connectivity index (χ3v) is 3.89. The fraction of sp³-hybridized carbons (Fsp3) is 0.750. The number of carbonyl (C=O) groups excluding carboxylic acids is 1. The van der Waals surface area contributed by atoms with Crippen molar-refractivity contribution in [3.8, 4) is 0 Å². The highest BCUT2D eigenvalue weighted by atomic mass is 79.9. The molecule has 0 bridgehead atoms. The standard InChI is InChI=1S/C12H19Br2NO2/c1-12(2,3)17-11(16)15-10-5-4-8(6-13)9(10)7-14/h10H,4-7H2,1-3H3,(H,15,16). The Morgan fingerprint density at radius 3 is 2.53 bits per heavy atom. The summed E-state index contributed by atoms with van der Waals surface area (Å²) in [6, 6.07) is 0.108. The van der Waals surface area contributed by atoms with E-state index >= 15 is 0 Å². The van der Waals surface area contributed by atoms with Gasteiger partial charge in [-0.25, -0.2) is 4.79 Å². The van der Waals surface area contributed by atoms with Crippen molar-refractivity contribution in [3.63, 3.8) is 0 Å². The van der Waals surface area contributed by atoms with E-state index in [2.05, 4.69) is 37.2 Å². The number of allylic oxidation sites excluding steroid dienone is 1. The predicted molar refractivity (Wildman–Crippen MR) is 77.0 cm³/mol. The van der Waals surface area contributed by atoms with Crippen LogP contribution in [-0.4, -0.2) is 28.4 Å². The SMILES string of the molecule is CC(C)(C)OC(=O)NC1CCC(CBr)=C1CBr. The predicted octanol–water partition coefficient (Wildman–Crippen LogP) is 3.76. The summed E-state index contributed by atoms with van der Waals surface area (Å²) in [5, 5.41) is 4.61. The molecule has 0 aliphatic heterocycles. The maximum absolute atomic E-state index is 11.7. The summed E-state index contributed by atoms with van der Waals surface area (Å²) in [5.41, 5.74) is 2.20. The maximum atomic E-state index is 11.7. The van der Waals surface area contributed by atoms with E-state index in [0.29, 0.717) is 0 Å². The maximum Gasteiger partial charge on any atom is 0.408 e. The zero-order chi connectivity index (χ0) is 13.1. The molecule has 98 valence electrons. The molecule has 0 aromatic carbocycles. The lowest BCUT2D eigenvalue weighted by Gasteiger charge is -2.22. The summed E-state index contributed by atoms with van der Waals surface area (Å²) in [7, 11) is 0. The van der Waals surface area contributed by atoms with Crippen LogP contribution in [0, 0.1) is 0 Å². The highest BCUT2D eigenvalue weighted by Crippen LogP contribution is 2.29. The summed E-state index contributed by atoms with van der Waals surface area (Å²) in [5.74, 6) is 0. The van der Waals surface area contributed by atoms with Gasteiger partial charge in [0.05, 0.1) is 6.04 Å². The van der Waals surface area contributed by atoms with Crippen molar-refractivity contribution < 1.29 is 9.53 Å². The van der Waals surface area contributed by atoms with Crippen molar-refractivity contribution in [3.05, 3.63) is 11.1 Å². The Kier molecular flexibility index (Phi) is 5.51. The zero-order valence-electron chi connectivity index (χ0n) is 10.5. The van der Waals surface area contributed by atoms with E-state index in [4.69, 9.17) is 4.74 Å². The molecule has 0 heterocycles. The Hall–Kier alpha value is -0.0300. The average Bonchev–Trinajstić information content (AvgIpc) is 2.56. The lowest BCUT2D eigenvalue weighted by Crippen LogP contribution is -2.39. The monoisotopic (exact) mass is 367 g/mol. The van der Waals surface area contributed by atoms with Gasteiger partial charge in [0.2, 0.25) is 0 Å². The molecule has 0 fully saturated rings. The van der Waals surface area contributed by atoms with Gasteiger partial charge in [0.15, 0.2) is 0 Å². The van der Waals surface area contributed by atoms with Crippen LogP contribution < -0.4 is 5.32 Å². The number of ether oxygens (including phenoxy) is 1. The number of nitrogens with one attached hydrogen (secondary N) is 1. The third kappa shape index (κ3) is 4.62. The fourth-order valence-electron chi connectivity index (χ4n) is 1.85. The summed E-state index contributed by atoms with van der Waals surface area (Å²) in [6.45, 7) is 5.60. The van der Waals surface area contributed by atoms with Crippen LogP contribution in [-0.2, 0) is 4.74 Å². The Balaban J connectivity index is 2.59. The number of amides is 1. The first-order valence-electron chi connectivity index (χ1n) is 5.69. The van der Waals surface area contributed by atoms with Crippen LogP contribution >= 0.6 is 31.9 Å². The molecule has 0 aromatic rings. The first-order chi connectivity index (χ1) is 7.87. The molecule has 1 atom stereocenters. The number of hydrogen-bond donors (Lipinski definition) is 1. The number of alkyl carbamates (subject to hydrolysis) is 1. The number of rotatable bonds is 3. The van der Waals surface area contributed by atoms with Gasteiger partial charge in [0.25, 0.3) is 0 Å². The number of halogens is 2. The van der Waals surface area contributed by atoms with Gasteiger partial charge in [0.1, 0.15) is 5.60 Å². The minimum atomic E-state index is -0.445. The normalized spacial score (nSPS) is 20.6. The van der Waals surface area contributed by atoms with E-state index in [1.807, 2.05) is 20.8 Å². The van der Waals surface area contributed by atoms with Gasteiger partial charge in [-0.15, -0.1) is 0 Å². The van der Waals surface area contributed by atoms with E-state index in [0.717, 1.165) is 23.5 Å².